The molecular weight excluding hydrogens is 194 g/mol. The van der Waals surface area contributed by atoms with E-state index in [1.165, 1.54) is 5.56 Å². The lowest BCUT2D eigenvalue weighted by atomic mass is 10.2. The first-order valence-corrected chi connectivity index (χ1v) is 5.92. The number of hydrogen-bond donors (Lipinski definition) is 1. The van der Waals surface area contributed by atoms with E-state index in [2.05, 4.69) is 21.6 Å². The highest BCUT2D eigenvalue weighted by Gasteiger charge is 2.19. The van der Waals surface area contributed by atoms with Gasteiger partial charge in [-0.3, -0.25) is 4.72 Å². The fourth-order valence-corrected chi connectivity index (χ4v) is 1.78. The topological polar surface area (TPSA) is 37.8 Å². The van der Waals surface area contributed by atoms with Crippen LogP contribution in [0.1, 0.15) is 46.2 Å². The smallest absolute Gasteiger partial charge is 0.119 e. The predicted molar refractivity (Wildman–Crippen MR) is 62.1 cm³/mol. The van der Waals surface area contributed by atoms with Gasteiger partial charge in [-0.05, 0) is 18.9 Å². The molecule has 80 valence electrons. The molecule has 0 spiro atoms. The Morgan fingerprint density at radius 3 is 2.50 bits per heavy atom. The molecule has 0 amide bonds. The van der Waals surface area contributed by atoms with Crippen LogP contribution in [0.4, 0.5) is 0 Å². The van der Waals surface area contributed by atoms with Gasteiger partial charge in [-0.2, -0.15) is 0 Å². The van der Waals surface area contributed by atoms with E-state index in [4.69, 9.17) is 0 Å². The molecule has 14 heavy (non-hydrogen) atoms. The van der Waals surface area contributed by atoms with Gasteiger partial charge in [-0.25, -0.2) is 9.97 Å². The van der Waals surface area contributed by atoms with Crippen LogP contribution in [-0.4, -0.2) is 9.97 Å². The lowest BCUT2D eigenvalue weighted by molar-refractivity contribution is 0.750. The molecule has 1 unspecified atom stereocenters. The van der Waals surface area contributed by atoms with Gasteiger partial charge in [0.2, 0.25) is 0 Å². The van der Waals surface area contributed by atoms with Crippen molar-refractivity contribution < 1.29 is 0 Å². The van der Waals surface area contributed by atoms with Crippen LogP contribution in [0, 0.1) is 0 Å². The molecule has 4 heteroatoms. The Morgan fingerprint density at radius 1 is 1.29 bits per heavy atom. The van der Waals surface area contributed by atoms with Crippen molar-refractivity contribution in [3.63, 3.8) is 0 Å². The standard InChI is InChI=1S/C6H7N3S.2C2H6/c1-4-5-2-7-3-8-6(5)10-9-4;2*1-2/h2-4,9H,1H3;2*1-2H3. The van der Waals surface area contributed by atoms with E-state index in [9.17, 15) is 0 Å². The number of rotatable bonds is 0. The van der Waals surface area contributed by atoms with Crippen LogP contribution in [0.25, 0.3) is 0 Å². The SMILES string of the molecule is CC.CC.CC1NSc2ncncc21. The van der Waals surface area contributed by atoms with E-state index in [1.807, 2.05) is 33.9 Å². The van der Waals surface area contributed by atoms with Crippen LogP contribution in [0.5, 0.6) is 0 Å². The summed E-state index contributed by atoms with van der Waals surface area (Å²) >= 11 is 1.57. The average molecular weight is 213 g/mol. The summed E-state index contributed by atoms with van der Waals surface area (Å²) < 4.78 is 3.20. The fourth-order valence-electron chi connectivity index (χ4n) is 0.919. The van der Waals surface area contributed by atoms with Crippen LogP contribution in [0.2, 0.25) is 0 Å². The normalized spacial score (nSPS) is 17.1. The highest BCUT2D eigenvalue weighted by atomic mass is 32.2. The highest BCUT2D eigenvalue weighted by molar-refractivity contribution is 7.97. The molecule has 1 aromatic rings. The quantitative estimate of drug-likeness (QED) is 0.530. The maximum Gasteiger partial charge on any atom is 0.119 e. The van der Waals surface area contributed by atoms with Gasteiger partial charge in [0.1, 0.15) is 11.4 Å². The van der Waals surface area contributed by atoms with Crippen molar-refractivity contribution in [2.45, 2.75) is 45.7 Å². The van der Waals surface area contributed by atoms with Crippen molar-refractivity contribution in [1.82, 2.24) is 14.7 Å². The molecule has 0 fully saturated rings. The van der Waals surface area contributed by atoms with Crippen molar-refractivity contribution >= 4 is 11.9 Å². The number of fused-ring (bicyclic) bond motifs is 1. The van der Waals surface area contributed by atoms with E-state index in [0.717, 1.165) is 5.03 Å². The largest absolute Gasteiger partial charge is 0.251 e. The Morgan fingerprint density at radius 2 is 1.93 bits per heavy atom. The Labute approximate surface area is 90.9 Å². The summed E-state index contributed by atoms with van der Waals surface area (Å²) in [5.41, 5.74) is 1.20. The minimum atomic E-state index is 0.390. The molecule has 1 aromatic heterocycles. The van der Waals surface area contributed by atoms with Gasteiger partial charge < -0.3 is 0 Å². The van der Waals surface area contributed by atoms with Crippen LogP contribution in [-0.2, 0) is 0 Å². The molecule has 1 atom stereocenters. The van der Waals surface area contributed by atoms with Crippen molar-refractivity contribution in [3.8, 4) is 0 Å². The third-order valence-corrected chi connectivity index (χ3v) is 2.51. The molecular formula is C10H19N3S. The monoisotopic (exact) mass is 213 g/mol. The zero-order valence-electron chi connectivity index (χ0n) is 9.53. The molecule has 0 saturated heterocycles. The van der Waals surface area contributed by atoms with Gasteiger partial charge in [-0.15, -0.1) is 0 Å². The second kappa shape index (κ2) is 7.76. The number of aromatic nitrogens is 2. The minimum Gasteiger partial charge on any atom is -0.251 e. The van der Waals surface area contributed by atoms with E-state index >= 15 is 0 Å². The number of nitrogens with zero attached hydrogens (tertiary/aromatic N) is 2. The zero-order chi connectivity index (χ0) is 11.0. The molecule has 2 heterocycles. The number of hydrogen-bond acceptors (Lipinski definition) is 4. The van der Waals surface area contributed by atoms with Crippen LogP contribution in [0.3, 0.4) is 0 Å². The van der Waals surface area contributed by atoms with Gasteiger partial charge in [-0.1, -0.05) is 27.7 Å². The lowest BCUT2D eigenvalue weighted by Crippen LogP contribution is -2.01. The summed E-state index contributed by atoms with van der Waals surface area (Å²) in [7, 11) is 0. The van der Waals surface area contributed by atoms with Gasteiger partial charge in [0.05, 0.1) is 0 Å². The Balaban J connectivity index is 0.000000379. The molecule has 3 nitrogen and oxygen atoms in total. The lowest BCUT2D eigenvalue weighted by Gasteiger charge is -1.98. The molecule has 2 rings (SSSR count). The second-order valence-electron chi connectivity index (χ2n) is 2.22. The summed E-state index contributed by atoms with van der Waals surface area (Å²) in [6.45, 7) is 10.1. The van der Waals surface area contributed by atoms with Crippen LogP contribution in [0.15, 0.2) is 17.6 Å². The van der Waals surface area contributed by atoms with Crippen molar-refractivity contribution in [2.24, 2.45) is 0 Å². The van der Waals surface area contributed by atoms with E-state index in [-0.39, 0.29) is 0 Å². The highest BCUT2D eigenvalue weighted by Crippen LogP contribution is 2.31. The fraction of sp³-hybridized carbons (Fsp3) is 0.600. The Hall–Kier alpha value is -0.610. The van der Waals surface area contributed by atoms with Crippen molar-refractivity contribution in [1.29, 1.82) is 0 Å². The molecule has 0 radical (unpaired) electrons. The number of nitrogens with one attached hydrogen (secondary N) is 1. The predicted octanol–water partition coefficient (Wildman–Crippen LogP) is 3.20. The molecule has 0 bridgehead atoms. The summed E-state index contributed by atoms with van der Waals surface area (Å²) in [6.07, 6.45) is 3.44. The Kier molecular flexibility index (Phi) is 7.42. The van der Waals surface area contributed by atoms with E-state index in [1.54, 1.807) is 18.3 Å². The van der Waals surface area contributed by atoms with Gasteiger partial charge >= 0.3 is 0 Å². The molecule has 0 aromatic carbocycles. The summed E-state index contributed by atoms with van der Waals surface area (Å²) in [5, 5.41) is 1.06. The van der Waals surface area contributed by atoms with E-state index in [0.29, 0.717) is 6.04 Å². The summed E-state index contributed by atoms with van der Waals surface area (Å²) in [5.74, 6) is 0. The summed E-state index contributed by atoms with van der Waals surface area (Å²) in [6, 6.07) is 0.390. The van der Waals surface area contributed by atoms with Gasteiger partial charge in [0, 0.05) is 17.8 Å². The van der Waals surface area contributed by atoms with Gasteiger partial charge in [0.15, 0.2) is 0 Å². The van der Waals surface area contributed by atoms with Gasteiger partial charge in [0.25, 0.3) is 0 Å². The van der Waals surface area contributed by atoms with Crippen LogP contribution < -0.4 is 4.72 Å². The maximum absolute atomic E-state index is 4.10. The first-order chi connectivity index (χ1) is 6.88. The maximum atomic E-state index is 4.10. The van der Waals surface area contributed by atoms with Crippen molar-refractivity contribution in [2.75, 3.05) is 0 Å². The summed E-state index contributed by atoms with van der Waals surface area (Å²) in [4.78, 5) is 8.04. The first-order valence-electron chi connectivity index (χ1n) is 5.10. The average Bonchev–Trinajstić information content (AvgIpc) is 2.67. The molecule has 0 aliphatic carbocycles. The third-order valence-electron chi connectivity index (χ3n) is 1.50. The molecule has 1 aliphatic heterocycles. The van der Waals surface area contributed by atoms with Crippen molar-refractivity contribution in [3.05, 3.63) is 18.1 Å². The molecule has 1 N–H and O–H groups in total. The Bertz CT molecular complexity index is 253. The second-order valence-corrected chi connectivity index (χ2v) is 3.05. The zero-order valence-corrected chi connectivity index (χ0v) is 10.4. The molecule has 1 aliphatic rings. The minimum absolute atomic E-state index is 0.390. The van der Waals surface area contributed by atoms with E-state index < -0.39 is 0 Å². The van der Waals surface area contributed by atoms with Crippen LogP contribution >= 0.6 is 11.9 Å². The molecule has 0 saturated carbocycles. The first kappa shape index (κ1) is 13.4. The third kappa shape index (κ3) is 3.27.